The lowest BCUT2D eigenvalue weighted by Gasteiger charge is -2.53. The Labute approximate surface area is 129 Å². The Morgan fingerprint density at radius 2 is 1.76 bits per heavy atom. The van der Waals surface area contributed by atoms with Gasteiger partial charge in [-0.2, -0.15) is 0 Å². The van der Waals surface area contributed by atoms with E-state index < -0.39 is 0 Å². The third-order valence-corrected chi connectivity index (χ3v) is 6.77. The van der Waals surface area contributed by atoms with Gasteiger partial charge < -0.3 is 15.2 Å². The molecule has 2 unspecified atom stereocenters. The molecule has 1 heterocycles. The first-order valence-electron chi connectivity index (χ1n) is 8.85. The average Bonchev–Trinajstić information content (AvgIpc) is 2.46. The van der Waals surface area contributed by atoms with Crippen molar-refractivity contribution in [2.45, 2.75) is 88.9 Å². The smallest absolute Gasteiger partial charge is 0.0832 e. The van der Waals surface area contributed by atoms with Crippen molar-refractivity contribution in [1.82, 2.24) is 0 Å². The maximum atomic E-state index is 6.78. The van der Waals surface area contributed by atoms with Crippen LogP contribution in [0.25, 0.3) is 0 Å². The van der Waals surface area contributed by atoms with Crippen molar-refractivity contribution < 1.29 is 9.47 Å². The van der Waals surface area contributed by atoms with E-state index in [-0.39, 0.29) is 17.2 Å². The Bertz CT molecular complexity index is 365. The van der Waals surface area contributed by atoms with Gasteiger partial charge in [-0.3, -0.25) is 0 Å². The highest BCUT2D eigenvalue weighted by Gasteiger charge is 2.50. The fraction of sp³-hybridized carbons (Fsp3) is 1.00. The summed E-state index contributed by atoms with van der Waals surface area (Å²) in [4.78, 5) is 0. The highest BCUT2D eigenvalue weighted by Crippen LogP contribution is 2.49. The van der Waals surface area contributed by atoms with E-state index in [0.29, 0.717) is 11.3 Å². The van der Waals surface area contributed by atoms with Crippen molar-refractivity contribution in [3.05, 3.63) is 0 Å². The molecule has 1 saturated heterocycles. The van der Waals surface area contributed by atoms with Crippen LogP contribution in [-0.2, 0) is 9.47 Å². The lowest BCUT2D eigenvalue weighted by Crippen LogP contribution is -2.59. The van der Waals surface area contributed by atoms with Crippen LogP contribution in [0.1, 0.15) is 71.6 Å². The van der Waals surface area contributed by atoms with Crippen molar-refractivity contribution in [3.63, 3.8) is 0 Å². The molecular weight excluding hydrogens is 262 g/mol. The molecule has 0 radical (unpaired) electrons. The fourth-order valence-electron chi connectivity index (χ4n) is 4.74. The Morgan fingerprint density at radius 3 is 2.29 bits per heavy atom. The molecule has 3 aliphatic rings. The van der Waals surface area contributed by atoms with Crippen LogP contribution in [-0.4, -0.2) is 31.0 Å². The molecule has 3 nitrogen and oxygen atoms in total. The SMILES string of the molecule is COC1(C(N)C2CCOC3(CCC3)C2)CCC(C)(C)CC1. The first-order valence-corrected chi connectivity index (χ1v) is 8.85. The molecule has 2 N–H and O–H groups in total. The minimum Gasteiger partial charge on any atom is -0.377 e. The molecule has 2 saturated carbocycles. The van der Waals surface area contributed by atoms with Crippen molar-refractivity contribution in [3.8, 4) is 0 Å². The van der Waals surface area contributed by atoms with Crippen molar-refractivity contribution in [2.75, 3.05) is 13.7 Å². The monoisotopic (exact) mass is 295 g/mol. The number of ether oxygens (including phenoxy) is 2. The quantitative estimate of drug-likeness (QED) is 0.864. The highest BCUT2D eigenvalue weighted by atomic mass is 16.5. The van der Waals surface area contributed by atoms with Crippen LogP contribution in [0, 0.1) is 11.3 Å². The Hall–Kier alpha value is -0.120. The highest BCUT2D eigenvalue weighted by molar-refractivity contribution is 5.04. The van der Waals surface area contributed by atoms with E-state index in [0.717, 1.165) is 32.3 Å². The first kappa shape index (κ1) is 15.8. The maximum Gasteiger partial charge on any atom is 0.0832 e. The van der Waals surface area contributed by atoms with Crippen LogP contribution in [0.2, 0.25) is 0 Å². The van der Waals surface area contributed by atoms with Crippen LogP contribution >= 0.6 is 0 Å². The lowest BCUT2D eigenvalue weighted by molar-refractivity contribution is -0.163. The zero-order valence-corrected chi connectivity index (χ0v) is 14.1. The van der Waals surface area contributed by atoms with E-state index >= 15 is 0 Å². The summed E-state index contributed by atoms with van der Waals surface area (Å²) in [5, 5.41) is 0. The predicted octanol–water partition coefficient (Wildman–Crippen LogP) is 3.65. The number of hydrogen-bond donors (Lipinski definition) is 1. The zero-order chi connectivity index (χ0) is 15.1. The molecule has 122 valence electrons. The summed E-state index contributed by atoms with van der Waals surface area (Å²) < 4.78 is 12.1. The molecule has 21 heavy (non-hydrogen) atoms. The molecule has 1 aliphatic heterocycles. The summed E-state index contributed by atoms with van der Waals surface area (Å²) >= 11 is 0. The van der Waals surface area contributed by atoms with E-state index in [1.165, 1.54) is 32.1 Å². The van der Waals surface area contributed by atoms with Crippen molar-refractivity contribution in [1.29, 1.82) is 0 Å². The summed E-state index contributed by atoms with van der Waals surface area (Å²) in [5.41, 5.74) is 7.32. The van der Waals surface area contributed by atoms with Gasteiger partial charge in [0.1, 0.15) is 0 Å². The molecule has 0 amide bonds. The van der Waals surface area contributed by atoms with Crippen LogP contribution in [0.15, 0.2) is 0 Å². The van der Waals surface area contributed by atoms with Gasteiger partial charge in [0, 0.05) is 19.8 Å². The predicted molar refractivity (Wildman–Crippen MR) is 85.2 cm³/mol. The number of rotatable bonds is 3. The Morgan fingerprint density at radius 1 is 1.10 bits per heavy atom. The summed E-state index contributed by atoms with van der Waals surface area (Å²) in [6.45, 7) is 5.63. The van der Waals surface area contributed by atoms with E-state index in [9.17, 15) is 0 Å². The van der Waals surface area contributed by atoms with Gasteiger partial charge in [-0.05, 0) is 69.1 Å². The molecule has 0 aromatic heterocycles. The normalized spacial score (nSPS) is 35.1. The van der Waals surface area contributed by atoms with Gasteiger partial charge in [-0.1, -0.05) is 13.8 Å². The summed E-state index contributed by atoms with van der Waals surface area (Å²) in [6, 6.07) is 0.167. The van der Waals surface area contributed by atoms with E-state index in [1.54, 1.807) is 0 Å². The summed E-state index contributed by atoms with van der Waals surface area (Å²) in [5.74, 6) is 0.570. The van der Waals surface area contributed by atoms with Crippen molar-refractivity contribution in [2.24, 2.45) is 17.1 Å². The second-order valence-electron chi connectivity index (χ2n) is 8.60. The largest absolute Gasteiger partial charge is 0.377 e. The van der Waals surface area contributed by atoms with Gasteiger partial charge in [0.25, 0.3) is 0 Å². The minimum absolute atomic E-state index is 0.0948. The molecule has 1 spiro atoms. The minimum atomic E-state index is -0.0948. The van der Waals surface area contributed by atoms with Crippen molar-refractivity contribution >= 4 is 0 Å². The number of methoxy groups -OCH3 is 1. The molecule has 0 aromatic rings. The molecule has 2 aliphatic carbocycles. The van der Waals surface area contributed by atoms with Gasteiger partial charge in [-0.25, -0.2) is 0 Å². The Kier molecular flexibility index (Phi) is 4.13. The fourth-order valence-corrected chi connectivity index (χ4v) is 4.74. The second kappa shape index (κ2) is 5.50. The Balaban J connectivity index is 1.69. The first-order chi connectivity index (χ1) is 9.90. The summed E-state index contributed by atoms with van der Waals surface area (Å²) in [6.07, 6.45) is 10.7. The molecule has 3 rings (SSSR count). The third kappa shape index (κ3) is 2.89. The molecule has 0 aromatic carbocycles. The van der Waals surface area contributed by atoms with Crippen LogP contribution < -0.4 is 5.73 Å². The summed E-state index contributed by atoms with van der Waals surface area (Å²) in [7, 11) is 1.87. The van der Waals surface area contributed by atoms with Gasteiger partial charge >= 0.3 is 0 Å². The molecule has 2 atom stereocenters. The number of nitrogens with two attached hydrogens (primary N) is 1. The van der Waals surface area contributed by atoms with Crippen LogP contribution in [0.4, 0.5) is 0 Å². The average molecular weight is 295 g/mol. The van der Waals surface area contributed by atoms with Gasteiger partial charge in [0.15, 0.2) is 0 Å². The molecular formula is C18H33NO2. The topological polar surface area (TPSA) is 44.5 Å². The standard InChI is InChI=1S/C18H33NO2/c1-16(2)8-10-18(20-3,11-9-16)15(19)14-5-12-21-17(13-14)6-4-7-17/h14-15H,4-13,19H2,1-3H3. The number of hydrogen-bond acceptors (Lipinski definition) is 3. The van der Waals surface area contributed by atoms with Crippen LogP contribution in [0.5, 0.6) is 0 Å². The molecule has 3 fully saturated rings. The van der Waals surface area contributed by atoms with Gasteiger partial charge in [-0.15, -0.1) is 0 Å². The van der Waals surface area contributed by atoms with E-state index in [2.05, 4.69) is 13.8 Å². The van der Waals surface area contributed by atoms with Gasteiger partial charge in [0.05, 0.1) is 11.2 Å². The molecule has 0 bridgehead atoms. The third-order valence-electron chi connectivity index (χ3n) is 6.77. The lowest BCUT2D eigenvalue weighted by atomic mass is 9.63. The van der Waals surface area contributed by atoms with E-state index in [1.807, 2.05) is 7.11 Å². The van der Waals surface area contributed by atoms with Gasteiger partial charge in [0.2, 0.25) is 0 Å². The maximum absolute atomic E-state index is 6.78. The zero-order valence-electron chi connectivity index (χ0n) is 14.1. The van der Waals surface area contributed by atoms with E-state index in [4.69, 9.17) is 15.2 Å². The van der Waals surface area contributed by atoms with Crippen LogP contribution in [0.3, 0.4) is 0 Å². The molecule has 3 heteroatoms. The second-order valence-corrected chi connectivity index (χ2v) is 8.60.